The zero-order valence-electron chi connectivity index (χ0n) is 13.5. The maximum absolute atomic E-state index is 13.8. The zero-order valence-corrected chi connectivity index (χ0v) is 15.1. The van der Waals surface area contributed by atoms with Crippen LogP contribution in [-0.2, 0) is 17.4 Å². The maximum atomic E-state index is 13.8. The van der Waals surface area contributed by atoms with Crippen LogP contribution >= 0.6 is 22.9 Å². The van der Waals surface area contributed by atoms with Gasteiger partial charge >= 0.3 is 6.18 Å². The van der Waals surface area contributed by atoms with E-state index in [2.05, 4.69) is 10.3 Å². The molecule has 0 fully saturated rings. The molecule has 140 valence electrons. The van der Waals surface area contributed by atoms with E-state index in [4.69, 9.17) is 11.6 Å². The van der Waals surface area contributed by atoms with Gasteiger partial charge in [0, 0.05) is 10.9 Å². The number of hydrogen-bond donors (Lipinski definition) is 1. The van der Waals surface area contributed by atoms with Gasteiger partial charge in [-0.05, 0) is 24.3 Å². The van der Waals surface area contributed by atoms with Crippen molar-refractivity contribution in [1.82, 2.24) is 4.98 Å². The number of anilines is 1. The second-order valence-corrected chi connectivity index (χ2v) is 6.81. The summed E-state index contributed by atoms with van der Waals surface area (Å²) in [6.07, 6.45) is -4.51. The van der Waals surface area contributed by atoms with Gasteiger partial charge in [0.25, 0.3) is 0 Å². The largest absolute Gasteiger partial charge is 0.416 e. The molecule has 0 bridgehead atoms. The van der Waals surface area contributed by atoms with E-state index >= 15 is 0 Å². The van der Waals surface area contributed by atoms with Crippen molar-refractivity contribution in [2.45, 2.75) is 12.6 Å². The van der Waals surface area contributed by atoms with E-state index in [1.54, 1.807) is 5.38 Å². The van der Waals surface area contributed by atoms with Crippen LogP contribution in [0.5, 0.6) is 0 Å². The number of carbonyl (C=O) groups excluding carboxylic acids is 1. The summed E-state index contributed by atoms with van der Waals surface area (Å²) in [6, 6.07) is 8.86. The number of carbonyl (C=O) groups is 1. The molecule has 3 aromatic rings. The van der Waals surface area contributed by atoms with Gasteiger partial charge in [0.05, 0.1) is 28.4 Å². The molecule has 1 N–H and O–H groups in total. The molecule has 1 aromatic heterocycles. The van der Waals surface area contributed by atoms with Crippen LogP contribution < -0.4 is 5.32 Å². The molecule has 0 saturated carbocycles. The van der Waals surface area contributed by atoms with Gasteiger partial charge in [-0.15, -0.1) is 11.3 Å². The van der Waals surface area contributed by atoms with Gasteiger partial charge in [0.2, 0.25) is 5.91 Å². The summed E-state index contributed by atoms with van der Waals surface area (Å²) in [5.41, 5.74) is 0.159. The Morgan fingerprint density at radius 1 is 1.15 bits per heavy atom. The van der Waals surface area contributed by atoms with Gasteiger partial charge in [0.15, 0.2) is 5.82 Å². The van der Waals surface area contributed by atoms with Crippen LogP contribution in [0.3, 0.4) is 0 Å². The Morgan fingerprint density at radius 2 is 1.85 bits per heavy atom. The Labute approximate surface area is 160 Å². The number of nitrogens with zero attached hydrogens (tertiary/aromatic N) is 1. The minimum atomic E-state index is -4.40. The molecule has 0 aliphatic rings. The average molecular weight is 415 g/mol. The van der Waals surface area contributed by atoms with Gasteiger partial charge in [-0.3, -0.25) is 4.79 Å². The van der Waals surface area contributed by atoms with Crippen molar-refractivity contribution in [2.75, 3.05) is 5.32 Å². The molecule has 0 aliphatic heterocycles. The van der Waals surface area contributed by atoms with Crippen molar-refractivity contribution in [3.63, 3.8) is 0 Å². The second kappa shape index (κ2) is 7.66. The summed E-state index contributed by atoms with van der Waals surface area (Å²) < 4.78 is 51.6. The number of amides is 1. The van der Waals surface area contributed by atoms with Crippen LogP contribution in [0.2, 0.25) is 5.02 Å². The van der Waals surface area contributed by atoms with E-state index in [1.165, 1.54) is 41.7 Å². The molecule has 0 unspecified atom stereocenters. The Kier molecular flexibility index (Phi) is 5.48. The molecule has 3 rings (SSSR count). The molecular weight excluding hydrogens is 404 g/mol. The highest BCUT2D eigenvalue weighted by molar-refractivity contribution is 7.13. The highest BCUT2D eigenvalue weighted by atomic mass is 35.5. The number of alkyl halides is 3. The maximum Gasteiger partial charge on any atom is 0.416 e. The number of rotatable bonds is 4. The third-order valence-corrected chi connectivity index (χ3v) is 4.81. The van der Waals surface area contributed by atoms with E-state index in [0.717, 1.165) is 12.1 Å². The Bertz CT molecular complexity index is 970. The first kappa shape index (κ1) is 19.3. The Morgan fingerprint density at radius 3 is 2.52 bits per heavy atom. The van der Waals surface area contributed by atoms with Crippen molar-refractivity contribution in [2.24, 2.45) is 0 Å². The smallest absolute Gasteiger partial charge is 0.323 e. The van der Waals surface area contributed by atoms with Gasteiger partial charge in [-0.1, -0.05) is 29.8 Å². The third kappa shape index (κ3) is 4.64. The van der Waals surface area contributed by atoms with Crippen LogP contribution in [0.15, 0.2) is 47.8 Å². The van der Waals surface area contributed by atoms with Crippen LogP contribution in [-0.4, -0.2) is 10.9 Å². The van der Waals surface area contributed by atoms with Crippen molar-refractivity contribution in [1.29, 1.82) is 0 Å². The first-order valence-electron chi connectivity index (χ1n) is 7.60. The summed E-state index contributed by atoms with van der Waals surface area (Å²) in [5.74, 6) is -1.21. The molecule has 3 nitrogen and oxygen atoms in total. The van der Waals surface area contributed by atoms with E-state index < -0.39 is 23.5 Å². The SMILES string of the molecule is O=C(Cc1csc(-c2ccc(C(F)(F)F)cc2)n1)Nc1cccc(Cl)c1F. The lowest BCUT2D eigenvalue weighted by Crippen LogP contribution is -2.15. The van der Waals surface area contributed by atoms with Crippen molar-refractivity contribution in [3.05, 3.63) is 69.9 Å². The van der Waals surface area contributed by atoms with Crippen LogP contribution in [0.1, 0.15) is 11.3 Å². The minimum absolute atomic E-state index is 0.0364. The summed E-state index contributed by atoms with van der Waals surface area (Å²) >= 11 is 6.86. The number of benzene rings is 2. The monoisotopic (exact) mass is 414 g/mol. The predicted molar refractivity (Wildman–Crippen MR) is 96.3 cm³/mol. The van der Waals surface area contributed by atoms with Crippen LogP contribution in [0, 0.1) is 5.82 Å². The molecule has 1 amide bonds. The highest BCUT2D eigenvalue weighted by Crippen LogP contribution is 2.32. The average Bonchev–Trinajstić information content (AvgIpc) is 3.07. The Balaban J connectivity index is 1.69. The molecule has 9 heteroatoms. The standard InChI is InChI=1S/C18H11ClF4N2OS/c19-13-2-1-3-14(16(13)20)25-15(26)8-12-9-27-17(24-12)10-4-6-11(7-5-10)18(21,22)23/h1-7,9H,8H2,(H,25,26). The minimum Gasteiger partial charge on any atom is -0.323 e. The fraction of sp³-hybridized carbons (Fsp3) is 0.111. The van der Waals surface area contributed by atoms with Crippen LogP contribution in [0.25, 0.3) is 10.6 Å². The van der Waals surface area contributed by atoms with Crippen molar-refractivity contribution < 1.29 is 22.4 Å². The summed E-state index contributed by atoms with van der Waals surface area (Å²) in [4.78, 5) is 16.3. The molecule has 0 aliphatic carbocycles. The van der Waals surface area contributed by atoms with Gasteiger partial charge in [0.1, 0.15) is 5.01 Å². The molecule has 0 saturated heterocycles. The topological polar surface area (TPSA) is 42.0 Å². The summed E-state index contributed by atoms with van der Waals surface area (Å²) in [7, 11) is 0. The molecule has 0 atom stereocenters. The van der Waals surface area contributed by atoms with Crippen molar-refractivity contribution in [3.8, 4) is 10.6 Å². The van der Waals surface area contributed by atoms with E-state index in [1.807, 2.05) is 0 Å². The second-order valence-electron chi connectivity index (χ2n) is 5.55. The summed E-state index contributed by atoms with van der Waals surface area (Å²) in [6.45, 7) is 0. The first-order chi connectivity index (χ1) is 12.7. The summed E-state index contributed by atoms with van der Waals surface area (Å²) in [5, 5.41) is 4.42. The van der Waals surface area contributed by atoms with Crippen LogP contribution in [0.4, 0.5) is 23.2 Å². The third-order valence-electron chi connectivity index (χ3n) is 3.58. The lowest BCUT2D eigenvalue weighted by Gasteiger charge is -2.06. The number of thiazole rings is 1. The number of halogens is 5. The van der Waals surface area contributed by atoms with E-state index in [0.29, 0.717) is 16.3 Å². The molecule has 1 heterocycles. The highest BCUT2D eigenvalue weighted by Gasteiger charge is 2.30. The molecule has 27 heavy (non-hydrogen) atoms. The van der Waals surface area contributed by atoms with Gasteiger partial charge in [-0.2, -0.15) is 13.2 Å². The van der Waals surface area contributed by atoms with E-state index in [9.17, 15) is 22.4 Å². The number of aromatic nitrogens is 1. The van der Waals surface area contributed by atoms with Gasteiger partial charge in [-0.25, -0.2) is 9.37 Å². The number of nitrogens with one attached hydrogen (secondary N) is 1. The van der Waals surface area contributed by atoms with E-state index in [-0.39, 0.29) is 17.1 Å². The molecular formula is C18H11ClF4N2OS. The number of hydrogen-bond acceptors (Lipinski definition) is 3. The lowest BCUT2D eigenvalue weighted by atomic mass is 10.1. The first-order valence-corrected chi connectivity index (χ1v) is 8.85. The fourth-order valence-electron chi connectivity index (χ4n) is 2.28. The van der Waals surface area contributed by atoms with Gasteiger partial charge < -0.3 is 5.32 Å². The molecule has 2 aromatic carbocycles. The predicted octanol–water partition coefficient (Wildman–Crippen LogP) is 5.80. The quantitative estimate of drug-likeness (QED) is 0.548. The molecule has 0 spiro atoms. The fourth-order valence-corrected chi connectivity index (χ4v) is 3.28. The Hall–Kier alpha value is -2.45. The zero-order chi connectivity index (χ0) is 19.6. The normalized spacial score (nSPS) is 11.4. The lowest BCUT2D eigenvalue weighted by molar-refractivity contribution is -0.137. The molecule has 0 radical (unpaired) electrons. The van der Waals surface area contributed by atoms with Crippen molar-refractivity contribution >= 4 is 34.5 Å².